The summed E-state index contributed by atoms with van der Waals surface area (Å²) in [6.45, 7) is 4.87. The van der Waals surface area contributed by atoms with Crippen molar-refractivity contribution in [3.63, 3.8) is 0 Å². The van der Waals surface area contributed by atoms with Crippen molar-refractivity contribution >= 4 is 41.2 Å². The second-order valence-corrected chi connectivity index (χ2v) is 7.72. The van der Waals surface area contributed by atoms with E-state index < -0.39 is 0 Å². The maximum Gasteiger partial charge on any atom is 0.212 e. The highest BCUT2D eigenvalue weighted by Gasteiger charge is 2.12. The maximum atomic E-state index is 6.45. The molecule has 0 atom stereocenters. The SMILES string of the molecule is CCCCn1nc(C)c(/C=N/n2cnnc2SCc2ccc(Cl)cc2)c1Cl. The van der Waals surface area contributed by atoms with Crippen molar-refractivity contribution in [3.8, 4) is 0 Å². The molecule has 1 aromatic carbocycles. The van der Waals surface area contributed by atoms with Gasteiger partial charge in [-0.25, -0.2) is 0 Å². The van der Waals surface area contributed by atoms with Crippen molar-refractivity contribution in [2.24, 2.45) is 5.10 Å². The van der Waals surface area contributed by atoms with Crippen LogP contribution in [0.3, 0.4) is 0 Å². The minimum Gasteiger partial charge on any atom is -0.253 e. The molecule has 2 heterocycles. The molecule has 0 aliphatic heterocycles. The van der Waals surface area contributed by atoms with Gasteiger partial charge in [-0.2, -0.15) is 14.9 Å². The van der Waals surface area contributed by atoms with Crippen LogP contribution in [-0.4, -0.2) is 30.9 Å². The van der Waals surface area contributed by atoms with Crippen molar-refractivity contribution in [2.45, 2.75) is 44.1 Å². The number of nitrogens with zero attached hydrogens (tertiary/aromatic N) is 6. The molecular formula is C18H20Cl2N6S. The van der Waals surface area contributed by atoms with Crippen LogP contribution in [0, 0.1) is 6.92 Å². The average molecular weight is 423 g/mol. The predicted octanol–water partition coefficient (Wildman–Crippen LogP) is 5.06. The highest BCUT2D eigenvalue weighted by Crippen LogP contribution is 2.22. The number of halogens is 2. The van der Waals surface area contributed by atoms with E-state index in [9.17, 15) is 0 Å². The molecule has 3 rings (SSSR count). The van der Waals surface area contributed by atoms with Crippen LogP contribution in [0.4, 0.5) is 0 Å². The lowest BCUT2D eigenvalue weighted by Gasteiger charge is -2.02. The molecule has 0 aliphatic carbocycles. The Labute approximate surface area is 172 Å². The van der Waals surface area contributed by atoms with E-state index >= 15 is 0 Å². The highest BCUT2D eigenvalue weighted by molar-refractivity contribution is 7.98. The molecule has 0 unspecified atom stereocenters. The molecule has 27 heavy (non-hydrogen) atoms. The Morgan fingerprint density at radius 1 is 1.22 bits per heavy atom. The second kappa shape index (κ2) is 9.39. The van der Waals surface area contributed by atoms with Crippen LogP contribution < -0.4 is 0 Å². The molecule has 0 aliphatic rings. The van der Waals surface area contributed by atoms with Crippen LogP contribution in [0.2, 0.25) is 10.2 Å². The minimum absolute atomic E-state index is 0.605. The number of unbranched alkanes of at least 4 members (excludes halogenated alkanes) is 1. The van der Waals surface area contributed by atoms with E-state index in [-0.39, 0.29) is 0 Å². The zero-order chi connectivity index (χ0) is 19.2. The molecule has 2 aromatic heterocycles. The summed E-state index contributed by atoms with van der Waals surface area (Å²) >= 11 is 13.9. The molecule has 0 saturated heterocycles. The number of rotatable bonds is 8. The standard InChI is InChI=1S/C18H20Cl2N6S/c1-3-4-9-25-17(20)16(13(2)24-25)10-22-26-12-21-23-18(26)27-11-14-5-7-15(19)8-6-14/h5-8,10,12H,3-4,9,11H2,1-2H3/b22-10+. The van der Waals surface area contributed by atoms with Gasteiger partial charge in [0.15, 0.2) is 0 Å². The zero-order valence-electron chi connectivity index (χ0n) is 15.1. The van der Waals surface area contributed by atoms with Crippen molar-refractivity contribution < 1.29 is 0 Å². The summed E-state index contributed by atoms with van der Waals surface area (Å²) in [5.74, 6) is 0.750. The summed E-state index contributed by atoms with van der Waals surface area (Å²) in [6.07, 6.45) is 5.41. The molecule has 0 N–H and O–H groups in total. The summed E-state index contributed by atoms with van der Waals surface area (Å²) in [6, 6.07) is 7.74. The molecule has 142 valence electrons. The van der Waals surface area contributed by atoms with Crippen LogP contribution in [0.1, 0.15) is 36.6 Å². The van der Waals surface area contributed by atoms with E-state index in [2.05, 4.69) is 27.3 Å². The Bertz CT molecular complexity index is 917. The molecule has 0 radical (unpaired) electrons. The monoisotopic (exact) mass is 422 g/mol. The van der Waals surface area contributed by atoms with E-state index in [1.54, 1.807) is 29.0 Å². The van der Waals surface area contributed by atoms with Crippen molar-refractivity contribution in [2.75, 3.05) is 0 Å². The molecule has 0 bridgehead atoms. The average Bonchev–Trinajstić information content (AvgIpc) is 3.22. The van der Waals surface area contributed by atoms with Crippen molar-refractivity contribution in [1.29, 1.82) is 0 Å². The number of thioether (sulfide) groups is 1. The molecule has 0 spiro atoms. The van der Waals surface area contributed by atoms with E-state index in [0.29, 0.717) is 10.3 Å². The number of benzene rings is 1. The Kier molecular flexibility index (Phi) is 6.93. The second-order valence-electron chi connectivity index (χ2n) is 5.98. The maximum absolute atomic E-state index is 6.45. The van der Waals surface area contributed by atoms with Gasteiger partial charge in [-0.1, -0.05) is 60.4 Å². The van der Waals surface area contributed by atoms with Gasteiger partial charge in [-0.15, -0.1) is 10.2 Å². The fourth-order valence-electron chi connectivity index (χ4n) is 2.41. The third-order valence-electron chi connectivity index (χ3n) is 3.93. The largest absolute Gasteiger partial charge is 0.253 e. The van der Waals surface area contributed by atoms with E-state index in [1.807, 2.05) is 35.9 Å². The lowest BCUT2D eigenvalue weighted by atomic mass is 10.2. The van der Waals surface area contributed by atoms with E-state index in [4.69, 9.17) is 23.2 Å². The summed E-state index contributed by atoms with van der Waals surface area (Å²) in [7, 11) is 0. The van der Waals surface area contributed by atoms with Gasteiger partial charge in [0.1, 0.15) is 11.5 Å². The Morgan fingerprint density at radius 2 is 2.00 bits per heavy atom. The minimum atomic E-state index is 0.605. The fourth-order valence-corrected chi connectivity index (χ4v) is 3.67. The Balaban J connectivity index is 1.71. The van der Waals surface area contributed by atoms with Gasteiger partial charge < -0.3 is 0 Å². The van der Waals surface area contributed by atoms with Crippen LogP contribution in [0.5, 0.6) is 0 Å². The number of hydrogen-bond acceptors (Lipinski definition) is 5. The first kappa shape index (κ1) is 19.9. The first-order chi connectivity index (χ1) is 13.1. The van der Waals surface area contributed by atoms with Gasteiger partial charge in [0, 0.05) is 17.3 Å². The summed E-state index contributed by atoms with van der Waals surface area (Å²) < 4.78 is 3.46. The van der Waals surface area contributed by atoms with Crippen LogP contribution >= 0.6 is 35.0 Å². The van der Waals surface area contributed by atoms with Gasteiger partial charge in [-0.3, -0.25) is 4.68 Å². The molecule has 0 amide bonds. The quantitative estimate of drug-likeness (QED) is 0.375. The summed E-state index contributed by atoms with van der Waals surface area (Å²) in [5.41, 5.74) is 2.82. The van der Waals surface area contributed by atoms with Gasteiger partial charge in [-0.05, 0) is 31.0 Å². The molecule has 6 nitrogen and oxygen atoms in total. The normalized spacial score (nSPS) is 11.6. The molecule has 0 saturated carbocycles. The molecule has 9 heteroatoms. The summed E-state index contributed by atoms with van der Waals surface area (Å²) in [5, 5.41) is 19.1. The van der Waals surface area contributed by atoms with Gasteiger partial charge in [0.25, 0.3) is 0 Å². The van der Waals surface area contributed by atoms with Gasteiger partial charge in [0.2, 0.25) is 5.16 Å². The third kappa shape index (κ3) is 5.12. The van der Waals surface area contributed by atoms with E-state index in [1.165, 1.54) is 0 Å². The van der Waals surface area contributed by atoms with E-state index in [0.717, 1.165) is 47.0 Å². The first-order valence-corrected chi connectivity index (χ1v) is 10.4. The van der Waals surface area contributed by atoms with Crippen molar-refractivity contribution in [1.82, 2.24) is 24.7 Å². The lowest BCUT2D eigenvalue weighted by Crippen LogP contribution is -2.00. The fraction of sp³-hybridized carbons (Fsp3) is 0.333. The van der Waals surface area contributed by atoms with Crippen molar-refractivity contribution in [3.05, 3.63) is 57.6 Å². The molecule has 0 fully saturated rings. The number of aryl methyl sites for hydroxylation is 2. The summed E-state index contributed by atoms with van der Waals surface area (Å²) in [4.78, 5) is 0. The Hall–Kier alpha value is -1.83. The Morgan fingerprint density at radius 3 is 2.74 bits per heavy atom. The van der Waals surface area contributed by atoms with Crippen LogP contribution in [0.15, 0.2) is 40.9 Å². The van der Waals surface area contributed by atoms with Crippen LogP contribution in [-0.2, 0) is 12.3 Å². The zero-order valence-corrected chi connectivity index (χ0v) is 17.5. The molecule has 3 aromatic rings. The topological polar surface area (TPSA) is 60.9 Å². The van der Waals surface area contributed by atoms with Gasteiger partial charge in [0.05, 0.1) is 17.5 Å². The number of hydrogen-bond donors (Lipinski definition) is 0. The van der Waals surface area contributed by atoms with Gasteiger partial charge >= 0.3 is 0 Å². The first-order valence-electron chi connectivity index (χ1n) is 8.63. The third-order valence-corrected chi connectivity index (χ3v) is 5.58. The smallest absolute Gasteiger partial charge is 0.212 e. The predicted molar refractivity (Wildman–Crippen MR) is 111 cm³/mol. The highest BCUT2D eigenvalue weighted by atomic mass is 35.5. The molecular weight excluding hydrogens is 403 g/mol. The number of aromatic nitrogens is 5. The van der Waals surface area contributed by atoms with Crippen LogP contribution in [0.25, 0.3) is 0 Å². The lowest BCUT2D eigenvalue weighted by molar-refractivity contribution is 0.569.